The monoisotopic (exact) mass is 287 g/mol. The third-order valence-corrected chi connectivity index (χ3v) is 3.38. The van der Waals surface area contributed by atoms with Crippen LogP contribution in [-0.2, 0) is 6.18 Å². The van der Waals surface area contributed by atoms with Crippen LogP contribution >= 0.6 is 0 Å². The van der Waals surface area contributed by atoms with Crippen LogP contribution in [0.5, 0.6) is 0 Å². The zero-order chi connectivity index (χ0) is 14.9. The molecule has 1 aliphatic heterocycles. The minimum Gasteiger partial charge on any atom is -0.398 e. The molecule has 3 N–H and O–H groups in total. The molecule has 1 aromatic carbocycles. The van der Waals surface area contributed by atoms with E-state index in [1.54, 1.807) is 0 Å². The number of nitrogens with two attached hydrogens (primary N) is 1. The van der Waals surface area contributed by atoms with Gasteiger partial charge in [-0.25, -0.2) is 0 Å². The zero-order valence-corrected chi connectivity index (χ0v) is 11.0. The summed E-state index contributed by atoms with van der Waals surface area (Å²) in [5.74, 6) is -0.561. The first-order valence-electron chi connectivity index (χ1n) is 6.24. The van der Waals surface area contributed by atoms with E-state index in [-0.39, 0.29) is 11.6 Å². The maximum absolute atomic E-state index is 12.7. The number of likely N-dealkylation sites (N-methyl/N-ethyl adjacent to an activating group) is 1. The maximum Gasteiger partial charge on any atom is 0.418 e. The van der Waals surface area contributed by atoms with E-state index in [0.717, 1.165) is 19.0 Å². The molecule has 0 saturated carbocycles. The smallest absolute Gasteiger partial charge is 0.398 e. The molecule has 0 radical (unpaired) electrons. The first kappa shape index (κ1) is 14.6. The lowest BCUT2D eigenvalue weighted by atomic mass is 10.1. The molecular weight excluding hydrogens is 271 g/mol. The van der Waals surface area contributed by atoms with Gasteiger partial charge in [0.1, 0.15) is 0 Å². The van der Waals surface area contributed by atoms with Crippen LogP contribution in [0.15, 0.2) is 18.2 Å². The van der Waals surface area contributed by atoms with Crippen molar-refractivity contribution in [3.8, 4) is 0 Å². The number of rotatable bonds is 2. The fourth-order valence-corrected chi connectivity index (χ4v) is 2.33. The van der Waals surface area contributed by atoms with E-state index in [2.05, 4.69) is 5.32 Å². The fraction of sp³-hybridized carbons (Fsp3) is 0.462. The number of amides is 1. The Bertz CT molecular complexity index is 516. The van der Waals surface area contributed by atoms with Crippen molar-refractivity contribution in [2.24, 2.45) is 0 Å². The van der Waals surface area contributed by atoms with Crippen molar-refractivity contribution in [3.63, 3.8) is 0 Å². The van der Waals surface area contributed by atoms with E-state index < -0.39 is 23.3 Å². The molecule has 20 heavy (non-hydrogen) atoms. The van der Waals surface area contributed by atoms with Gasteiger partial charge in [-0.3, -0.25) is 4.79 Å². The van der Waals surface area contributed by atoms with Gasteiger partial charge < -0.3 is 16.0 Å². The lowest BCUT2D eigenvalue weighted by molar-refractivity contribution is -0.136. The average Bonchev–Trinajstić information content (AvgIpc) is 2.73. The van der Waals surface area contributed by atoms with Gasteiger partial charge in [0.15, 0.2) is 0 Å². The highest BCUT2D eigenvalue weighted by molar-refractivity contribution is 6.00. The molecular formula is C13H16F3N3O. The number of nitrogen functional groups attached to an aromatic ring is 1. The van der Waals surface area contributed by atoms with Gasteiger partial charge in [-0.2, -0.15) is 13.2 Å². The molecule has 0 aromatic heterocycles. The van der Waals surface area contributed by atoms with Crippen LogP contribution in [0, 0.1) is 0 Å². The van der Waals surface area contributed by atoms with Crippen LogP contribution in [-0.4, -0.2) is 37.0 Å². The molecule has 2 rings (SSSR count). The van der Waals surface area contributed by atoms with Crippen LogP contribution in [0.25, 0.3) is 0 Å². The summed E-state index contributed by atoms with van der Waals surface area (Å²) in [5.41, 5.74) is 3.85. The first-order chi connectivity index (χ1) is 9.29. The number of para-hydroxylation sites is 1. The van der Waals surface area contributed by atoms with Gasteiger partial charge in [-0.15, -0.1) is 0 Å². The number of carbonyl (C=O) groups is 1. The Hall–Kier alpha value is -1.76. The minimum absolute atomic E-state index is 0.0542. The van der Waals surface area contributed by atoms with E-state index in [9.17, 15) is 18.0 Å². The molecule has 1 unspecified atom stereocenters. The lowest BCUT2D eigenvalue weighted by Gasteiger charge is -2.16. The molecule has 0 aliphatic carbocycles. The summed E-state index contributed by atoms with van der Waals surface area (Å²) in [4.78, 5) is 14.1. The minimum atomic E-state index is -4.56. The van der Waals surface area contributed by atoms with Gasteiger partial charge in [-0.05, 0) is 32.1 Å². The highest BCUT2D eigenvalue weighted by Crippen LogP contribution is 2.34. The van der Waals surface area contributed by atoms with E-state index in [4.69, 9.17) is 5.73 Å². The van der Waals surface area contributed by atoms with Crippen molar-refractivity contribution in [1.29, 1.82) is 0 Å². The zero-order valence-electron chi connectivity index (χ0n) is 11.0. The number of likely N-dealkylation sites (tertiary alicyclic amines) is 1. The van der Waals surface area contributed by atoms with E-state index in [1.807, 2.05) is 11.9 Å². The normalized spacial score (nSPS) is 20.1. The Morgan fingerprint density at radius 1 is 1.45 bits per heavy atom. The van der Waals surface area contributed by atoms with Crippen molar-refractivity contribution in [2.45, 2.75) is 18.6 Å². The summed E-state index contributed by atoms with van der Waals surface area (Å²) < 4.78 is 38.2. The number of hydrogen-bond acceptors (Lipinski definition) is 3. The van der Waals surface area contributed by atoms with E-state index in [0.29, 0.717) is 6.54 Å². The lowest BCUT2D eigenvalue weighted by Crippen LogP contribution is -2.37. The number of benzene rings is 1. The molecule has 1 fully saturated rings. The van der Waals surface area contributed by atoms with Gasteiger partial charge in [0.25, 0.3) is 5.91 Å². The number of hydrogen-bond donors (Lipinski definition) is 2. The van der Waals surface area contributed by atoms with Crippen molar-refractivity contribution in [1.82, 2.24) is 10.2 Å². The van der Waals surface area contributed by atoms with Gasteiger partial charge in [0, 0.05) is 12.6 Å². The third-order valence-electron chi connectivity index (χ3n) is 3.38. The van der Waals surface area contributed by atoms with Crippen molar-refractivity contribution in [2.75, 3.05) is 25.9 Å². The largest absolute Gasteiger partial charge is 0.418 e. The second-order valence-corrected chi connectivity index (χ2v) is 4.99. The van der Waals surface area contributed by atoms with Crippen molar-refractivity contribution < 1.29 is 18.0 Å². The Morgan fingerprint density at radius 3 is 2.70 bits per heavy atom. The molecule has 1 saturated heterocycles. The number of halogens is 3. The standard InChI is InChI=1S/C13H16F3N3O/c1-19-6-5-8(7-19)18-12(20)9-3-2-4-10(11(9)17)13(14,15)16/h2-4,8H,5-7,17H2,1H3,(H,18,20). The van der Waals surface area contributed by atoms with Crippen molar-refractivity contribution in [3.05, 3.63) is 29.3 Å². The molecule has 0 bridgehead atoms. The molecule has 1 aliphatic rings. The van der Waals surface area contributed by atoms with Crippen LogP contribution < -0.4 is 11.1 Å². The molecule has 1 aromatic rings. The Labute approximate surface area is 114 Å². The highest BCUT2D eigenvalue weighted by Gasteiger charge is 2.34. The van der Waals surface area contributed by atoms with Crippen LogP contribution in [0.1, 0.15) is 22.3 Å². The Kier molecular flexibility index (Phi) is 3.89. The van der Waals surface area contributed by atoms with Gasteiger partial charge in [0.05, 0.1) is 16.8 Å². The summed E-state index contributed by atoms with van der Waals surface area (Å²) >= 11 is 0. The van der Waals surface area contributed by atoms with Gasteiger partial charge in [-0.1, -0.05) is 6.07 Å². The average molecular weight is 287 g/mol. The fourth-order valence-electron chi connectivity index (χ4n) is 2.33. The predicted octanol–water partition coefficient (Wildman–Crippen LogP) is 1.72. The Balaban J connectivity index is 2.18. The number of nitrogens with one attached hydrogen (secondary N) is 1. The number of carbonyl (C=O) groups excluding carboxylic acids is 1. The molecule has 7 heteroatoms. The number of nitrogens with zero attached hydrogens (tertiary/aromatic N) is 1. The summed E-state index contributed by atoms with van der Waals surface area (Å²) in [6.07, 6.45) is -3.78. The second kappa shape index (κ2) is 5.32. The molecule has 1 atom stereocenters. The van der Waals surface area contributed by atoms with E-state index >= 15 is 0 Å². The number of anilines is 1. The third kappa shape index (κ3) is 3.04. The topological polar surface area (TPSA) is 58.4 Å². The molecule has 1 heterocycles. The van der Waals surface area contributed by atoms with Gasteiger partial charge in [0.2, 0.25) is 0 Å². The van der Waals surface area contributed by atoms with Crippen LogP contribution in [0.4, 0.5) is 18.9 Å². The quantitative estimate of drug-likeness (QED) is 0.814. The molecule has 0 spiro atoms. The van der Waals surface area contributed by atoms with Gasteiger partial charge >= 0.3 is 6.18 Å². The highest BCUT2D eigenvalue weighted by atomic mass is 19.4. The summed E-state index contributed by atoms with van der Waals surface area (Å²) in [5, 5.41) is 2.72. The summed E-state index contributed by atoms with van der Waals surface area (Å²) in [7, 11) is 1.92. The van der Waals surface area contributed by atoms with E-state index in [1.165, 1.54) is 12.1 Å². The summed E-state index contributed by atoms with van der Waals surface area (Å²) in [6, 6.07) is 3.31. The molecule has 4 nitrogen and oxygen atoms in total. The first-order valence-corrected chi connectivity index (χ1v) is 6.24. The second-order valence-electron chi connectivity index (χ2n) is 4.99. The van der Waals surface area contributed by atoms with Crippen molar-refractivity contribution >= 4 is 11.6 Å². The summed E-state index contributed by atoms with van der Waals surface area (Å²) in [6.45, 7) is 1.54. The molecule has 110 valence electrons. The predicted molar refractivity (Wildman–Crippen MR) is 69.2 cm³/mol. The SMILES string of the molecule is CN1CCC(NC(=O)c2cccc(C(F)(F)F)c2N)C1. The van der Waals surface area contributed by atoms with Crippen LogP contribution in [0.3, 0.4) is 0 Å². The maximum atomic E-state index is 12.7. The number of alkyl halides is 3. The van der Waals surface area contributed by atoms with Crippen LogP contribution in [0.2, 0.25) is 0 Å². The molecule has 1 amide bonds. The Morgan fingerprint density at radius 2 is 2.15 bits per heavy atom.